The first-order valence-corrected chi connectivity index (χ1v) is 19.0. The van der Waals surface area contributed by atoms with Crippen molar-refractivity contribution < 1.29 is 26.3 Å². The zero-order chi connectivity index (χ0) is 44.0. The Morgan fingerprint density at radius 2 is 1.11 bits per heavy atom. The van der Waals surface area contributed by atoms with Gasteiger partial charge in [-0.05, 0) is 86.0 Å². The van der Waals surface area contributed by atoms with Crippen molar-refractivity contribution in [3.05, 3.63) is 121 Å². The van der Waals surface area contributed by atoms with Gasteiger partial charge in [-0.3, -0.25) is 18.3 Å². The van der Waals surface area contributed by atoms with E-state index in [2.05, 4.69) is 31.0 Å². The number of fused-ring (bicyclic) bond motifs is 4. The number of hydrogen-bond acceptors (Lipinski definition) is 9. The summed E-state index contributed by atoms with van der Waals surface area (Å²) in [6.07, 6.45) is -9.84. The first kappa shape index (κ1) is 40.8. The fraction of sp³-hybridized carbons (Fsp3) is 0.286. The van der Waals surface area contributed by atoms with Gasteiger partial charge in [0, 0.05) is 61.8 Å². The van der Waals surface area contributed by atoms with Crippen LogP contribution in [0.15, 0.2) is 70.3 Å². The van der Waals surface area contributed by atoms with Gasteiger partial charge in [-0.1, -0.05) is 12.1 Å². The summed E-state index contributed by atoms with van der Waals surface area (Å²) in [6, 6.07) is 12.7. The van der Waals surface area contributed by atoms with E-state index in [4.69, 9.17) is 5.73 Å². The number of benzene rings is 4. The molecular weight excluding hydrogens is 805 g/mol. The van der Waals surface area contributed by atoms with Crippen molar-refractivity contribution in [1.82, 2.24) is 38.7 Å². The molecule has 61 heavy (non-hydrogen) atoms. The van der Waals surface area contributed by atoms with Crippen LogP contribution in [-0.2, 0) is 47.0 Å². The summed E-state index contributed by atoms with van der Waals surface area (Å²) in [5.41, 5.74) is 7.16. The number of halogens is 6. The second-order valence-electron chi connectivity index (χ2n) is 15.4. The first-order chi connectivity index (χ1) is 28.6. The normalized spacial score (nSPS) is 13.5. The smallest absolute Gasteiger partial charge is 0.398 e. The van der Waals surface area contributed by atoms with Crippen molar-refractivity contribution in [3.8, 4) is 0 Å². The highest BCUT2D eigenvalue weighted by atomic mass is 19.4. The molecule has 4 N–H and O–H groups in total. The summed E-state index contributed by atoms with van der Waals surface area (Å²) >= 11 is 0. The quantitative estimate of drug-likeness (QED) is 0.103. The zero-order valence-electron chi connectivity index (χ0n) is 33.9. The number of rotatable bonds is 8. The van der Waals surface area contributed by atoms with Crippen LogP contribution in [0.1, 0.15) is 65.1 Å². The molecule has 0 radical (unpaired) electrons. The predicted octanol–water partition coefficient (Wildman–Crippen LogP) is 7.82. The molecule has 13 nitrogen and oxygen atoms in total. The van der Waals surface area contributed by atoms with Crippen LogP contribution in [0, 0.1) is 6.92 Å². The van der Waals surface area contributed by atoms with Gasteiger partial charge in [0.1, 0.15) is 0 Å². The molecule has 4 heterocycles. The van der Waals surface area contributed by atoms with Crippen molar-refractivity contribution in [3.63, 3.8) is 0 Å². The molecule has 0 bridgehead atoms. The number of nitrogens with two attached hydrogens (primary N) is 1. The van der Waals surface area contributed by atoms with Gasteiger partial charge in [0.05, 0.1) is 56.7 Å². The molecule has 0 spiro atoms. The molecule has 8 rings (SSSR count). The number of nitrogens with zero attached hydrogens (tertiary/aromatic N) is 8. The predicted molar refractivity (Wildman–Crippen MR) is 221 cm³/mol. The Hall–Kier alpha value is -6.92. The molecule has 19 heteroatoms. The van der Waals surface area contributed by atoms with Crippen LogP contribution in [0.25, 0.3) is 43.6 Å². The third-order valence-corrected chi connectivity index (χ3v) is 11.5. The summed E-state index contributed by atoms with van der Waals surface area (Å²) in [4.78, 5) is 25.7. The minimum Gasteiger partial charge on any atom is -0.398 e. The maximum atomic E-state index is 15.1. The molecule has 0 fully saturated rings. The van der Waals surface area contributed by atoms with Gasteiger partial charge in [0.25, 0.3) is 0 Å². The molecule has 0 aliphatic rings. The van der Waals surface area contributed by atoms with Gasteiger partial charge in [0.15, 0.2) is 11.6 Å². The van der Waals surface area contributed by atoms with Crippen molar-refractivity contribution in [2.24, 2.45) is 28.2 Å². The fourth-order valence-electron chi connectivity index (χ4n) is 7.96. The molecule has 2 atom stereocenters. The molecule has 4 aromatic carbocycles. The molecule has 316 valence electrons. The van der Waals surface area contributed by atoms with E-state index in [1.165, 1.54) is 36.5 Å². The van der Waals surface area contributed by atoms with Gasteiger partial charge in [-0.25, -0.2) is 9.59 Å². The Morgan fingerprint density at radius 1 is 0.623 bits per heavy atom. The number of anilines is 3. The van der Waals surface area contributed by atoms with Crippen LogP contribution in [0.5, 0.6) is 0 Å². The Balaban J connectivity index is 1.19. The average Bonchev–Trinajstić information content (AvgIpc) is 3.55. The highest BCUT2D eigenvalue weighted by molar-refractivity contribution is 6.03. The summed E-state index contributed by atoms with van der Waals surface area (Å²) in [5.74, 6) is 0.435. The van der Waals surface area contributed by atoms with Crippen LogP contribution < -0.4 is 27.7 Å². The number of aromatic nitrogens is 8. The lowest BCUT2D eigenvalue weighted by Crippen LogP contribution is -2.19. The van der Waals surface area contributed by atoms with E-state index < -0.39 is 42.0 Å². The maximum Gasteiger partial charge on any atom is 0.416 e. The van der Waals surface area contributed by atoms with E-state index in [0.29, 0.717) is 60.7 Å². The molecule has 0 amide bonds. The van der Waals surface area contributed by atoms with E-state index in [0.717, 1.165) is 18.2 Å². The third-order valence-electron chi connectivity index (χ3n) is 11.5. The van der Waals surface area contributed by atoms with E-state index >= 15 is 13.2 Å². The monoisotopic (exact) mass is 843 g/mol. The van der Waals surface area contributed by atoms with Gasteiger partial charge < -0.3 is 16.4 Å². The van der Waals surface area contributed by atoms with Crippen molar-refractivity contribution in [1.29, 1.82) is 0 Å². The molecular formula is C42H39F6N11O2. The number of imidazole rings is 2. The SMILES string of the molecule is Cc1nnc(N[C@H](C)c2cc(N)c(Cc3nnc(N[C@H](C)c4cccc(C(F)(F)F)c4)c4cc5c(cc34)n(C)c(=O)n5C)c(C(F)(F)F)c2)c2cc3c(cc12)n(C)c(=O)n3C. The van der Waals surface area contributed by atoms with Gasteiger partial charge >= 0.3 is 23.7 Å². The number of hydrogen-bond donors (Lipinski definition) is 3. The fourth-order valence-corrected chi connectivity index (χ4v) is 7.96. The molecule has 0 saturated heterocycles. The number of aryl methyl sites for hydroxylation is 5. The molecule has 0 aliphatic carbocycles. The average molecular weight is 844 g/mol. The summed E-state index contributed by atoms with van der Waals surface area (Å²) in [6.45, 7) is 5.08. The molecule has 4 aromatic heterocycles. The van der Waals surface area contributed by atoms with E-state index in [1.54, 1.807) is 67.2 Å². The minimum absolute atomic E-state index is 0.115. The number of nitrogen functional groups attached to an aromatic ring is 1. The van der Waals surface area contributed by atoms with Crippen molar-refractivity contribution in [2.75, 3.05) is 16.4 Å². The topological polar surface area (TPSA) is 156 Å². The highest BCUT2D eigenvalue weighted by Gasteiger charge is 2.36. The summed E-state index contributed by atoms with van der Waals surface area (Å²) in [5, 5.41) is 25.7. The highest BCUT2D eigenvalue weighted by Crippen LogP contribution is 2.40. The Kier molecular flexibility index (Phi) is 9.62. The second-order valence-corrected chi connectivity index (χ2v) is 15.4. The number of nitrogens with one attached hydrogen (secondary N) is 2. The lowest BCUT2D eigenvalue weighted by Gasteiger charge is -2.22. The minimum atomic E-state index is -4.86. The maximum absolute atomic E-state index is 15.1. The third kappa shape index (κ3) is 6.96. The van der Waals surface area contributed by atoms with Gasteiger partial charge in [-0.15, -0.1) is 10.2 Å². The van der Waals surface area contributed by atoms with E-state index in [1.807, 2.05) is 6.07 Å². The van der Waals surface area contributed by atoms with Crippen LogP contribution in [0.2, 0.25) is 0 Å². The van der Waals surface area contributed by atoms with Gasteiger partial charge in [0.2, 0.25) is 0 Å². The van der Waals surface area contributed by atoms with Crippen molar-refractivity contribution >= 4 is 60.9 Å². The zero-order valence-corrected chi connectivity index (χ0v) is 33.9. The largest absolute Gasteiger partial charge is 0.416 e. The van der Waals surface area contributed by atoms with Crippen LogP contribution in [-0.4, -0.2) is 38.7 Å². The Morgan fingerprint density at radius 3 is 1.66 bits per heavy atom. The van der Waals surface area contributed by atoms with Gasteiger partial charge in [-0.2, -0.15) is 36.5 Å². The Bertz CT molecular complexity index is 3220. The summed E-state index contributed by atoms with van der Waals surface area (Å²) < 4.78 is 91.7. The first-order valence-electron chi connectivity index (χ1n) is 19.0. The molecule has 0 unspecified atom stereocenters. The van der Waals surface area contributed by atoms with Crippen molar-refractivity contribution in [2.45, 2.75) is 51.6 Å². The lowest BCUT2D eigenvalue weighted by molar-refractivity contribution is -0.138. The standard InChI is InChI=1S/C42H39F6N11O2/c1-19(22-9-8-10-24(11-22)41(43,44)45)50-38-28-18-36-34(57(5)40(61)59(36)7)16-26(28)32(53-55-38)14-29-30(42(46,47)48)12-23(13-31(29)49)20(2)51-37-27-17-35-33(56(4)39(60)58(35)6)15-25(27)21(3)52-54-37/h8-13,15-20H,14,49H2,1-7H3,(H,50,55)(H,51,54)/t19-,20-/m1/s1. The van der Waals surface area contributed by atoms with E-state index in [9.17, 15) is 22.8 Å². The Labute approximate surface area is 342 Å². The van der Waals surface area contributed by atoms with Crippen LogP contribution in [0.3, 0.4) is 0 Å². The summed E-state index contributed by atoms with van der Waals surface area (Å²) in [7, 11) is 6.43. The number of alkyl halides is 6. The van der Waals surface area contributed by atoms with Crippen LogP contribution in [0.4, 0.5) is 43.7 Å². The lowest BCUT2D eigenvalue weighted by atomic mass is 9.93. The second kappa shape index (κ2) is 14.4. The van der Waals surface area contributed by atoms with Crippen LogP contribution >= 0.6 is 0 Å². The molecule has 0 saturated carbocycles. The van der Waals surface area contributed by atoms with E-state index in [-0.39, 0.29) is 39.7 Å². The molecule has 0 aliphatic heterocycles. The molecule has 8 aromatic rings.